The molecule has 3 aromatic heterocycles. The van der Waals surface area contributed by atoms with Crippen LogP contribution >= 0.6 is 11.3 Å². The predicted octanol–water partition coefficient (Wildman–Crippen LogP) is 3.07. The third-order valence-electron chi connectivity index (χ3n) is 4.11. The van der Waals surface area contributed by atoms with Crippen molar-refractivity contribution in [1.82, 2.24) is 24.6 Å². The van der Waals surface area contributed by atoms with E-state index >= 15 is 0 Å². The Hall–Kier alpha value is -2.35. The van der Waals surface area contributed by atoms with Crippen LogP contribution in [-0.4, -0.2) is 30.5 Å². The summed E-state index contributed by atoms with van der Waals surface area (Å²) in [5.41, 5.74) is 3.85. The lowest BCUT2D eigenvalue weighted by Crippen LogP contribution is -2.15. The van der Waals surface area contributed by atoms with E-state index < -0.39 is 0 Å². The Labute approximate surface area is 150 Å². The molecule has 7 nitrogen and oxygen atoms in total. The molecule has 0 bridgehead atoms. The maximum atomic E-state index is 12.3. The minimum Gasteiger partial charge on any atom is -0.302 e. The fourth-order valence-corrected chi connectivity index (χ4v) is 3.57. The summed E-state index contributed by atoms with van der Waals surface area (Å²) in [5, 5.41) is 9.70. The highest BCUT2D eigenvalue weighted by Crippen LogP contribution is 2.26. The number of nitrogens with zero attached hydrogens (tertiary/aromatic N) is 5. The van der Waals surface area contributed by atoms with Gasteiger partial charge in [-0.05, 0) is 25.8 Å². The average molecular weight is 358 g/mol. The van der Waals surface area contributed by atoms with Crippen molar-refractivity contribution in [2.24, 2.45) is 0 Å². The van der Waals surface area contributed by atoms with E-state index in [1.807, 2.05) is 19.2 Å². The monoisotopic (exact) mass is 358 g/mol. The number of nitrogens with one attached hydrogen (secondary N) is 1. The second-order valence-electron chi connectivity index (χ2n) is 7.07. The number of fused-ring (bicyclic) bond motifs is 1. The normalized spacial score (nSPS) is 11.9. The zero-order chi connectivity index (χ0) is 18.2. The molecule has 0 aliphatic carbocycles. The molecule has 25 heavy (non-hydrogen) atoms. The number of carbonyl (C=O) groups is 1. The second-order valence-corrected chi connectivity index (χ2v) is 7.93. The van der Waals surface area contributed by atoms with Crippen molar-refractivity contribution < 1.29 is 4.79 Å². The highest BCUT2D eigenvalue weighted by molar-refractivity contribution is 7.13. The van der Waals surface area contributed by atoms with Gasteiger partial charge in [0.1, 0.15) is 6.33 Å². The molecule has 0 aliphatic rings. The Morgan fingerprint density at radius 3 is 2.72 bits per heavy atom. The lowest BCUT2D eigenvalue weighted by molar-refractivity contribution is -0.116. The molecule has 0 saturated carbocycles. The van der Waals surface area contributed by atoms with Gasteiger partial charge in [0.25, 0.3) is 5.78 Å². The third-order valence-corrected chi connectivity index (χ3v) is 4.87. The number of aromatic nitrogens is 5. The first-order chi connectivity index (χ1) is 11.8. The van der Waals surface area contributed by atoms with Gasteiger partial charge in [0.05, 0.1) is 5.69 Å². The first kappa shape index (κ1) is 17.5. The van der Waals surface area contributed by atoms with Gasteiger partial charge in [-0.1, -0.05) is 20.8 Å². The summed E-state index contributed by atoms with van der Waals surface area (Å²) in [4.78, 5) is 25.3. The molecule has 0 atom stereocenters. The lowest BCUT2D eigenvalue weighted by atomic mass is 9.93. The Morgan fingerprint density at radius 1 is 1.28 bits per heavy atom. The number of hydrogen-bond acceptors (Lipinski definition) is 6. The maximum Gasteiger partial charge on any atom is 0.252 e. The number of hydrogen-bond donors (Lipinski definition) is 1. The van der Waals surface area contributed by atoms with Crippen LogP contribution in [-0.2, 0) is 16.6 Å². The number of carbonyl (C=O) groups excluding carboxylic acids is 1. The maximum absolute atomic E-state index is 12.3. The van der Waals surface area contributed by atoms with Gasteiger partial charge in [0.15, 0.2) is 5.13 Å². The number of rotatable bonds is 4. The van der Waals surface area contributed by atoms with Crippen LogP contribution in [0.2, 0.25) is 0 Å². The van der Waals surface area contributed by atoms with Crippen LogP contribution in [0.25, 0.3) is 5.78 Å². The van der Waals surface area contributed by atoms with E-state index in [2.05, 4.69) is 46.1 Å². The first-order valence-electron chi connectivity index (χ1n) is 8.17. The Kier molecular flexibility index (Phi) is 4.55. The standard InChI is InChI=1S/C17H22N6OS/c1-10-12(11(2)23-15(20-10)18-9-19-23)6-7-14(24)22-16-21-13(8-25-16)17(3,4)5/h8-9H,6-7H2,1-5H3,(H,21,22,24). The van der Waals surface area contributed by atoms with E-state index in [0.717, 1.165) is 22.6 Å². The van der Waals surface area contributed by atoms with Gasteiger partial charge in [-0.15, -0.1) is 11.3 Å². The number of aryl methyl sites for hydroxylation is 2. The third kappa shape index (κ3) is 3.68. The number of thiazole rings is 1. The van der Waals surface area contributed by atoms with E-state index in [-0.39, 0.29) is 11.3 Å². The van der Waals surface area contributed by atoms with Crippen LogP contribution < -0.4 is 5.32 Å². The molecule has 3 rings (SSSR count). The van der Waals surface area contributed by atoms with E-state index in [1.54, 1.807) is 4.52 Å². The summed E-state index contributed by atoms with van der Waals surface area (Å²) >= 11 is 1.46. The van der Waals surface area contributed by atoms with Gasteiger partial charge >= 0.3 is 0 Å². The van der Waals surface area contributed by atoms with Crippen LogP contribution in [0, 0.1) is 13.8 Å². The lowest BCUT2D eigenvalue weighted by Gasteiger charge is -2.14. The smallest absolute Gasteiger partial charge is 0.252 e. The Balaban J connectivity index is 1.67. The molecule has 1 N–H and O–H groups in total. The number of anilines is 1. The van der Waals surface area contributed by atoms with Gasteiger partial charge in [-0.2, -0.15) is 10.1 Å². The van der Waals surface area contributed by atoms with Crippen LogP contribution in [0.5, 0.6) is 0 Å². The fraction of sp³-hybridized carbons (Fsp3) is 0.471. The zero-order valence-electron chi connectivity index (χ0n) is 15.1. The van der Waals surface area contributed by atoms with Crippen LogP contribution in [0.15, 0.2) is 11.7 Å². The molecule has 0 saturated heterocycles. The second kappa shape index (κ2) is 6.51. The van der Waals surface area contributed by atoms with Gasteiger partial charge in [0.2, 0.25) is 5.91 Å². The number of amides is 1. The van der Waals surface area contributed by atoms with Crippen molar-refractivity contribution in [2.75, 3.05) is 5.32 Å². The topological polar surface area (TPSA) is 85.1 Å². The van der Waals surface area contributed by atoms with E-state index in [4.69, 9.17) is 0 Å². The summed E-state index contributed by atoms with van der Waals surface area (Å²) in [7, 11) is 0. The van der Waals surface area contributed by atoms with Crippen molar-refractivity contribution in [3.8, 4) is 0 Å². The van der Waals surface area contributed by atoms with Crippen LogP contribution in [0.1, 0.15) is 49.8 Å². The van der Waals surface area contributed by atoms with Crippen molar-refractivity contribution in [3.63, 3.8) is 0 Å². The van der Waals surface area contributed by atoms with Gasteiger partial charge in [-0.25, -0.2) is 14.5 Å². The molecular formula is C17H22N6OS. The minimum absolute atomic E-state index is 0.0212. The molecule has 0 fully saturated rings. The first-order valence-corrected chi connectivity index (χ1v) is 9.05. The van der Waals surface area contributed by atoms with E-state index in [1.165, 1.54) is 17.7 Å². The summed E-state index contributed by atoms with van der Waals surface area (Å²) < 4.78 is 1.71. The Bertz CT molecular complexity index is 921. The highest BCUT2D eigenvalue weighted by atomic mass is 32.1. The van der Waals surface area contributed by atoms with Crippen molar-refractivity contribution in [3.05, 3.63) is 34.4 Å². The predicted molar refractivity (Wildman–Crippen MR) is 98.0 cm³/mol. The molecule has 3 aromatic rings. The van der Waals surface area contributed by atoms with E-state index in [0.29, 0.717) is 23.8 Å². The van der Waals surface area contributed by atoms with Gasteiger partial charge in [0, 0.05) is 28.6 Å². The fourth-order valence-electron chi connectivity index (χ4n) is 2.61. The molecular weight excluding hydrogens is 336 g/mol. The Morgan fingerprint density at radius 2 is 2.04 bits per heavy atom. The van der Waals surface area contributed by atoms with Crippen LogP contribution in [0.3, 0.4) is 0 Å². The van der Waals surface area contributed by atoms with Crippen molar-refractivity contribution in [2.45, 2.75) is 52.9 Å². The molecule has 0 unspecified atom stereocenters. The average Bonchev–Trinajstić information content (AvgIpc) is 3.15. The summed E-state index contributed by atoms with van der Waals surface area (Å²) in [6, 6.07) is 0. The van der Waals surface area contributed by atoms with Crippen molar-refractivity contribution in [1.29, 1.82) is 0 Å². The summed E-state index contributed by atoms with van der Waals surface area (Å²) in [5.74, 6) is 0.535. The minimum atomic E-state index is -0.0488. The van der Waals surface area contributed by atoms with Gasteiger partial charge < -0.3 is 5.32 Å². The molecule has 0 aliphatic heterocycles. The molecule has 1 amide bonds. The molecule has 132 valence electrons. The highest BCUT2D eigenvalue weighted by Gasteiger charge is 2.18. The van der Waals surface area contributed by atoms with Crippen LogP contribution in [0.4, 0.5) is 5.13 Å². The molecule has 8 heteroatoms. The van der Waals surface area contributed by atoms with E-state index in [9.17, 15) is 4.79 Å². The quantitative estimate of drug-likeness (QED) is 0.775. The summed E-state index contributed by atoms with van der Waals surface area (Å²) in [6.07, 6.45) is 2.46. The summed E-state index contributed by atoms with van der Waals surface area (Å²) in [6.45, 7) is 10.2. The van der Waals surface area contributed by atoms with Crippen molar-refractivity contribution >= 4 is 28.2 Å². The molecule has 0 aromatic carbocycles. The van der Waals surface area contributed by atoms with Gasteiger partial charge in [-0.3, -0.25) is 4.79 Å². The SMILES string of the molecule is Cc1nc2ncnn2c(C)c1CCC(=O)Nc1nc(C(C)(C)C)cs1. The molecule has 3 heterocycles. The largest absolute Gasteiger partial charge is 0.302 e. The molecule has 0 radical (unpaired) electrons. The zero-order valence-corrected chi connectivity index (χ0v) is 15.9. The molecule has 0 spiro atoms.